The van der Waals surface area contributed by atoms with Crippen molar-refractivity contribution in [2.45, 2.75) is 0 Å². The van der Waals surface area contributed by atoms with Crippen molar-refractivity contribution in [3.05, 3.63) is 0 Å². The number of methoxy groups -OCH3 is 1. The summed E-state index contributed by atoms with van der Waals surface area (Å²) in [6.45, 7) is 0.342. The van der Waals surface area contributed by atoms with Gasteiger partial charge in [-0.1, -0.05) is 0 Å². The second kappa shape index (κ2) is 5.82. The molecule has 0 aliphatic carbocycles. The van der Waals surface area contributed by atoms with E-state index in [0.29, 0.717) is 12.8 Å². The van der Waals surface area contributed by atoms with E-state index in [2.05, 4.69) is 4.15 Å². The fraction of sp³-hybridized carbons (Fsp3) is 1.00. The molecule has 0 spiro atoms. The molecule has 0 fully saturated rings. The molecule has 86 valence electrons. The summed E-state index contributed by atoms with van der Waals surface area (Å²) in [5.41, 5.74) is 0. The first-order valence-corrected chi connectivity index (χ1v) is 7.43. The topological polar surface area (TPSA) is 74.2 Å². The highest BCUT2D eigenvalue weighted by molar-refractivity contribution is 7.92. The molecule has 0 aromatic carbocycles. The maximum Gasteiger partial charge on any atom is 0.252 e. The molecule has 0 N–H and O–H groups in total. The third-order valence-corrected chi connectivity index (χ3v) is 5.49. The zero-order valence-electron chi connectivity index (χ0n) is 8.76. The molecule has 0 saturated heterocycles. The molecule has 6 nitrogen and oxygen atoms in total. The minimum Gasteiger partial charge on any atom is -0.384 e. The van der Waals surface area contributed by atoms with E-state index in [0.717, 1.165) is 6.26 Å². The van der Waals surface area contributed by atoms with Crippen molar-refractivity contribution in [2.24, 2.45) is 4.15 Å². The first kappa shape index (κ1) is 14.1. The van der Waals surface area contributed by atoms with Crippen LogP contribution in [0.25, 0.3) is 0 Å². The number of hydrogen-bond acceptors (Lipinski definition) is 5. The van der Waals surface area contributed by atoms with Gasteiger partial charge in [0.1, 0.15) is 0 Å². The molecule has 0 aromatic rings. The molecular weight excluding hydrogens is 229 g/mol. The Morgan fingerprint density at radius 3 is 2.00 bits per heavy atom. The summed E-state index contributed by atoms with van der Waals surface area (Å²) < 4.78 is 40.4. The van der Waals surface area contributed by atoms with Crippen LogP contribution in [-0.2, 0) is 23.8 Å². The molecule has 0 atom stereocenters. The molecule has 0 rings (SSSR count). The monoisotopic (exact) mass is 245 g/mol. The lowest BCUT2D eigenvalue weighted by molar-refractivity contribution is 0.210. The van der Waals surface area contributed by atoms with Crippen LogP contribution in [0.4, 0.5) is 0 Å². The predicted molar refractivity (Wildman–Crippen MR) is 55.0 cm³/mol. The minimum atomic E-state index is -3.47. The van der Waals surface area contributed by atoms with E-state index in [-0.39, 0.29) is 0 Å². The summed E-state index contributed by atoms with van der Waals surface area (Å²) in [6.07, 6.45) is 1.33. The van der Waals surface area contributed by atoms with E-state index in [1.165, 1.54) is 21.3 Å². The standard InChI is InChI=1S/C6H16NO5PS/c1-10-5-6-13(11-2,12-3)7-14(4,8)9/h5-6H2,1-4H3. The van der Waals surface area contributed by atoms with Gasteiger partial charge in [-0.25, -0.2) is 8.42 Å². The van der Waals surface area contributed by atoms with Gasteiger partial charge in [0, 0.05) is 21.3 Å². The van der Waals surface area contributed by atoms with Crippen molar-refractivity contribution in [1.29, 1.82) is 0 Å². The Hall–Kier alpha value is 0.0600. The summed E-state index contributed by atoms with van der Waals surface area (Å²) in [4.78, 5) is 0. The third-order valence-electron chi connectivity index (χ3n) is 1.42. The van der Waals surface area contributed by atoms with Crippen LogP contribution in [0.5, 0.6) is 0 Å². The summed E-state index contributed by atoms with van der Waals surface area (Å²) in [7, 11) is -1.88. The normalized spacial score (nSPS) is 12.9. The molecule has 0 saturated carbocycles. The number of rotatable bonds is 6. The molecule has 0 aromatic heterocycles. The lowest BCUT2D eigenvalue weighted by Crippen LogP contribution is -2.04. The maximum absolute atomic E-state index is 11.0. The first-order valence-electron chi connectivity index (χ1n) is 3.82. The smallest absolute Gasteiger partial charge is 0.252 e. The third kappa shape index (κ3) is 5.07. The van der Waals surface area contributed by atoms with Gasteiger partial charge in [-0.05, 0) is 0 Å². The molecule has 0 bridgehead atoms. The zero-order valence-corrected chi connectivity index (χ0v) is 10.5. The summed E-state index contributed by atoms with van der Waals surface area (Å²) in [6, 6.07) is 0. The van der Waals surface area contributed by atoms with E-state index in [9.17, 15) is 8.42 Å². The van der Waals surface area contributed by atoms with E-state index < -0.39 is 17.5 Å². The van der Waals surface area contributed by atoms with Crippen LogP contribution in [0.1, 0.15) is 0 Å². The van der Waals surface area contributed by atoms with Crippen LogP contribution in [0.15, 0.2) is 4.15 Å². The largest absolute Gasteiger partial charge is 0.384 e. The van der Waals surface area contributed by atoms with Gasteiger partial charge in [-0.15, -0.1) is 4.15 Å². The highest BCUT2D eigenvalue weighted by Crippen LogP contribution is 2.50. The maximum atomic E-state index is 11.0. The van der Waals surface area contributed by atoms with Gasteiger partial charge in [-0.3, -0.25) is 0 Å². The van der Waals surface area contributed by atoms with Crippen LogP contribution in [0, 0.1) is 0 Å². The van der Waals surface area contributed by atoms with Crippen LogP contribution in [0.2, 0.25) is 0 Å². The van der Waals surface area contributed by atoms with Crippen molar-refractivity contribution in [1.82, 2.24) is 0 Å². The SMILES string of the molecule is COCCP(=NS(C)(=O)=O)(OC)OC. The van der Waals surface area contributed by atoms with Crippen LogP contribution >= 0.6 is 7.51 Å². The zero-order chi connectivity index (χ0) is 11.2. The minimum absolute atomic E-state index is 0.323. The molecular formula is C6H16NO5PS. The quantitative estimate of drug-likeness (QED) is 0.650. The summed E-state index contributed by atoms with van der Waals surface area (Å²) in [5.74, 6) is 0. The van der Waals surface area contributed by atoms with Crippen LogP contribution < -0.4 is 0 Å². The Bertz CT molecular complexity index is 304. The predicted octanol–water partition coefficient (Wildman–Crippen LogP) is 0.916. The molecule has 14 heavy (non-hydrogen) atoms. The Morgan fingerprint density at radius 2 is 1.71 bits per heavy atom. The van der Waals surface area contributed by atoms with E-state index >= 15 is 0 Å². The van der Waals surface area contributed by atoms with Crippen LogP contribution in [0.3, 0.4) is 0 Å². The fourth-order valence-electron chi connectivity index (χ4n) is 0.797. The van der Waals surface area contributed by atoms with Crippen LogP contribution in [-0.4, -0.2) is 48.8 Å². The van der Waals surface area contributed by atoms with Gasteiger partial charge in [0.2, 0.25) is 7.51 Å². The summed E-state index contributed by atoms with van der Waals surface area (Å²) in [5, 5.41) is 0. The van der Waals surface area contributed by atoms with Gasteiger partial charge in [0.05, 0.1) is 19.0 Å². The second-order valence-corrected chi connectivity index (χ2v) is 7.11. The molecule has 0 amide bonds. The highest BCUT2D eigenvalue weighted by atomic mass is 32.2. The van der Waals surface area contributed by atoms with Crippen molar-refractivity contribution in [2.75, 3.05) is 40.4 Å². The van der Waals surface area contributed by atoms with Gasteiger partial charge in [0.25, 0.3) is 10.0 Å². The van der Waals surface area contributed by atoms with Gasteiger partial charge in [-0.2, -0.15) is 0 Å². The van der Waals surface area contributed by atoms with Crippen molar-refractivity contribution in [3.63, 3.8) is 0 Å². The van der Waals surface area contributed by atoms with Crippen molar-refractivity contribution < 1.29 is 22.2 Å². The average Bonchev–Trinajstić information content (AvgIpc) is 2.10. The van der Waals surface area contributed by atoms with Crippen molar-refractivity contribution in [3.8, 4) is 0 Å². The molecule has 0 heterocycles. The first-order chi connectivity index (χ1) is 6.39. The number of sulfonamides is 1. The van der Waals surface area contributed by atoms with Gasteiger partial charge < -0.3 is 13.8 Å². The second-order valence-electron chi connectivity index (χ2n) is 2.53. The molecule has 0 aliphatic heterocycles. The lowest BCUT2D eigenvalue weighted by atomic mass is 10.9. The van der Waals surface area contributed by atoms with Crippen molar-refractivity contribution >= 4 is 17.5 Å². The molecule has 8 heteroatoms. The lowest BCUT2D eigenvalue weighted by Gasteiger charge is -2.18. The summed E-state index contributed by atoms with van der Waals surface area (Å²) >= 11 is 0. The Labute approximate surface area is 84.8 Å². The molecule has 0 radical (unpaired) electrons. The molecule has 0 aliphatic rings. The Balaban J connectivity index is 4.97. The number of hydrogen-bond donors (Lipinski definition) is 0. The van der Waals surface area contributed by atoms with Gasteiger partial charge in [0.15, 0.2) is 0 Å². The van der Waals surface area contributed by atoms with E-state index in [1.54, 1.807) is 0 Å². The van der Waals surface area contributed by atoms with Gasteiger partial charge >= 0.3 is 0 Å². The average molecular weight is 245 g/mol. The Morgan fingerprint density at radius 1 is 1.21 bits per heavy atom. The highest BCUT2D eigenvalue weighted by Gasteiger charge is 2.21. The Kier molecular flexibility index (Phi) is 5.85. The fourth-order valence-corrected chi connectivity index (χ4v) is 4.39. The van der Waals surface area contributed by atoms with E-state index in [4.69, 9.17) is 13.8 Å². The number of nitrogens with zero attached hydrogens (tertiary/aromatic N) is 1. The molecule has 0 unspecified atom stereocenters. The number of ether oxygens (including phenoxy) is 1. The van der Waals surface area contributed by atoms with E-state index in [1.807, 2.05) is 0 Å².